The molecule has 2 rings (SSSR count). The molecule has 0 bridgehead atoms. The van der Waals surface area contributed by atoms with Crippen LogP contribution in [0.1, 0.15) is 38.7 Å². The molecule has 1 aliphatic rings. The molecule has 1 heterocycles. The third kappa shape index (κ3) is 4.13. The van der Waals surface area contributed by atoms with Gasteiger partial charge in [-0.05, 0) is 18.9 Å². The lowest BCUT2D eigenvalue weighted by Gasteiger charge is -2.33. The van der Waals surface area contributed by atoms with E-state index in [0.29, 0.717) is 18.4 Å². The van der Waals surface area contributed by atoms with Crippen molar-refractivity contribution in [3.63, 3.8) is 0 Å². The SMILES string of the molecule is CCCCC(=O)N[C@]1(C(F)(F)F)C(=O)N(Cc2ccccc2)C(C)=C1C(=O)OC. The quantitative estimate of drug-likeness (QED) is 0.699. The first-order chi connectivity index (χ1) is 13.6. The van der Waals surface area contributed by atoms with E-state index in [2.05, 4.69) is 4.74 Å². The average Bonchev–Trinajstić information content (AvgIpc) is 2.88. The number of rotatable bonds is 7. The minimum absolute atomic E-state index is 0.186. The molecule has 2 amide bonds. The standard InChI is InChI=1S/C20H23F3N2O4/c1-4-5-11-15(26)24-19(20(21,22)23)16(17(27)29-3)13(2)25(18(19)28)12-14-9-7-6-8-10-14/h6-10H,4-5,11-12H2,1-3H3,(H,24,26)/t19-/m0/s1. The molecule has 0 saturated heterocycles. The Kier molecular flexibility index (Phi) is 6.71. The summed E-state index contributed by atoms with van der Waals surface area (Å²) in [5.74, 6) is -3.72. The molecule has 1 aromatic carbocycles. The van der Waals surface area contributed by atoms with Crippen molar-refractivity contribution in [2.45, 2.75) is 51.4 Å². The highest BCUT2D eigenvalue weighted by Gasteiger charge is 2.70. The molecule has 0 spiro atoms. The van der Waals surface area contributed by atoms with Crippen LogP contribution in [-0.2, 0) is 25.7 Å². The number of methoxy groups -OCH3 is 1. The van der Waals surface area contributed by atoms with E-state index in [0.717, 1.165) is 12.0 Å². The lowest BCUT2D eigenvalue weighted by molar-refractivity contribution is -0.196. The molecule has 0 radical (unpaired) electrons. The first kappa shape index (κ1) is 22.4. The Balaban J connectivity index is 2.58. The summed E-state index contributed by atoms with van der Waals surface area (Å²) in [7, 11) is 0.924. The summed E-state index contributed by atoms with van der Waals surface area (Å²) in [6.45, 7) is 2.83. The Labute approximate surface area is 166 Å². The summed E-state index contributed by atoms with van der Waals surface area (Å²) in [4.78, 5) is 38.5. The van der Waals surface area contributed by atoms with Crippen LogP contribution < -0.4 is 5.32 Å². The second kappa shape index (κ2) is 8.67. The minimum Gasteiger partial charge on any atom is -0.466 e. The van der Waals surface area contributed by atoms with E-state index >= 15 is 0 Å². The molecule has 0 unspecified atom stereocenters. The summed E-state index contributed by atoms with van der Waals surface area (Å²) in [5, 5.41) is 1.81. The largest absolute Gasteiger partial charge is 0.466 e. The smallest absolute Gasteiger partial charge is 0.425 e. The number of nitrogens with zero attached hydrogens (tertiary/aromatic N) is 1. The van der Waals surface area contributed by atoms with Crippen molar-refractivity contribution in [3.8, 4) is 0 Å². The van der Waals surface area contributed by atoms with E-state index in [9.17, 15) is 27.6 Å². The third-order valence-electron chi connectivity index (χ3n) is 4.79. The summed E-state index contributed by atoms with van der Waals surface area (Å²) in [5.41, 5.74) is -4.04. The summed E-state index contributed by atoms with van der Waals surface area (Å²) in [6.07, 6.45) is -4.52. The molecular weight excluding hydrogens is 389 g/mol. The number of hydrogen-bond acceptors (Lipinski definition) is 4. The maximum Gasteiger partial charge on any atom is 0.425 e. The summed E-state index contributed by atoms with van der Waals surface area (Å²) in [6, 6.07) is 8.38. The van der Waals surface area contributed by atoms with Gasteiger partial charge in [-0.15, -0.1) is 0 Å². The van der Waals surface area contributed by atoms with Gasteiger partial charge in [0, 0.05) is 12.1 Å². The highest BCUT2D eigenvalue weighted by Crippen LogP contribution is 2.45. The molecule has 1 atom stereocenters. The fourth-order valence-corrected chi connectivity index (χ4v) is 3.29. The molecule has 1 N–H and O–H groups in total. The second-order valence-corrected chi connectivity index (χ2v) is 6.73. The summed E-state index contributed by atoms with van der Waals surface area (Å²) < 4.78 is 47.4. The van der Waals surface area contributed by atoms with E-state index in [1.165, 1.54) is 6.92 Å². The van der Waals surface area contributed by atoms with Gasteiger partial charge in [-0.1, -0.05) is 43.7 Å². The van der Waals surface area contributed by atoms with Crippen LogP contribution in [0.3, 0.4) is 0 Å². The number of carbonyl (C=O) groups excluding carboxylic acids is 3. The molecule has 0 fully saturated rings. The van der Waals surface area contributed by atoms with Crippen molar-refractivity contribution in [2.24, 2.45) is 0 Å². The van der Waals surface area contributed by atoms with Crippen LogP contribution in [-0.4, -0.2) is 41.5 Å². The maximum atomic E-state index is 14.3. The minimum atomic E-state index is -5.25. The number of carbonyl (C=O) groups is 3. The Hall–Kier alpha value is -2.84. The fourth-order valence-electron chi connectivity index (χ4n) is 3.29. The van der Waals surface area contributed by atoms with E-state index < -0.39 is 35.1 Å². The molecule has 1 aromatic rings. The molecule has 1 aliphatic heterocycles. The number of allylic oxidation sites excluding steroid dienone is 1. The van der Waals surface area contributed by atoms with Crippen molar-refractivity contribution in [1.82, 2.24) is 10.2 Å². The van der Waals surface area contributed by atoms with Crippen LogP contribution in [0.15, 0.2) is 41.6 Å². The average molecular weight is 412 g/mol. The highest BCUT2D eigenvalue weighted by molar-refractivity contribution is 6.10. The van der Waals surface area contributed by atoms with Gasteiger partial charge in [0.05, 0.1) is 13.7 Å². The van der Waals surface area contributed by atoms with Gasteiger partial charge in [0.15, 0.2) is 0 Å². The van der Waals surface area contributed by atoms with E-state index in [1.807, 2.05) is 5.32 Å². The predicted molar refractivity (Wildman–Crippen MR) is 98.2 cm³/mol. The van der Waals surface area contributed by atoms with Gasteiger partial charge in [-0.25, -0.2) is 4.79 Å². The molecule has 0 aliphatic carbocycles. The van der Waals surface area contributed by atoms with E-state index in [-0.39, 0.29) is 18.7 Å². The normalized spacial score (nSPS) is 19.5. The second-order valence-electron chi connectivity index (χ2n) is 6.73. The Morgan fingerprint density at radius 1 is 1.21 bits per heavy atom. The zero-order valence-corrected chi connectivity index (χ0v) is 16.4. The first-order valence-corrected chi connectivity index (χ1v) is 9.13. The highest BCUT2D eigenvalue weighted by atomic mass is 19.4. The van der Waals surface area contributed by atoms with Gasteiger partial charge < -0.3 is 15.0 Å². The molecular formula is C20H23F3N2O4. The third-order valence-corrected chi connectivity index (χ3v) is 4.79. The van der Waals surface area contributed by atoms with Crippen LogP contribution in [0.5, 0.6) is 0 Å². The molecule has 29 heavy (non-hydrogen) atoms. The fraction of sp³-hybridized carbons (Fsp3) is 0.450. The van der Waals surface area contributed by atoms with Gasteiger partial charge in [-0.2, -0.15) is 13.2 Å². The maximum absolute atomic E-state index is 14.3. The zero-order valence-electron chi connectivity index (χ0n) is 16.4. The Morgan fingerprint density at radius 2 is 1.83 bits per heavy atom. The van der Waals surface area contributed by atoms with Gasteiger partial charge in [0.2, 0.25) is 11.4 Å². The van der Waals surface area contributed by atoms with Crippen LogP contribution in [0.4, 0.5) is 13.2 Å². The number of benzene rings is 1. The van der Waals surface area contributed by atoms with Crippen molar-refractivity contribution in [3.05, 3.63) is 47.2 Å². The van der Waals surface area contributed by atoms with Crippen LogP contribution in [0.25, 0.3) is 0 Å². The zero-order chi connectivity index (χ0) is 21.8. The number of amides is 2. The predicted octanol–water partition coefficient (Wildman–Crippen LogP) is 3.08. The number of alkyl halides is 3. The number of hydrogen-bond donors (Lipinski definition) is 1. The van der Waals surface area contributed by atoms with Crippen molar-refractivity contribution < 1.29 is 32.3 Å². The molecule has 0 saturated carbocycles. The lowest BCUT2D eigenvalue weighted by Crippen LogP contribution is -2.66. The number of halogens is 3. The van der Waals surface area contributed by atoms with Crippen LogP contribution >= 0.6 is 0 Å². The Bertz CT molecular complexity index is 821. The van der Waals surface area contributed by atoms with E-state index in [4.69, 9.17) is 0 Å². The van der Waals surface area contributed by atoms with Gasteiger partial charge in [0.25, 0.3) is 5.91 Å². The molecule has 6 nitrogen and oxygen atoms in total. The van der Waals surface area contributed by atoms with Crippen LogP contribution in [0, 0.1) is 0 Å². The number of ether oxygens (including phenoxy) is 1. The van der Waals surface area contributed by atoms with E-state index in [1.54, 1.807) is 37.3 Å². The van der Waals surface area contributed by atoms with Gasteiger partial charge in [-0.3, -0.25) is 9.59 Å². The number of nitrogens with one attached hydrogen (secondary N) is 1. The lowest BCUT2D eigenvalue weighted by atomic mass is 9.89. The monoisotopic (exact) mass is 412 g/mol. The molecule has 0 aromatic heterocycles. The van der Waals surface area contributed by atoms with Crippen molar-refractivity contribution >= 4 is 17.8 Å². The molecule has 9 heteroatoms. The van der Waals surface area contributed by atoms with Gasteiger partial charge in [0.1, 0.15) is 5.57 Å². The van der Waals surface area contributed by atoms with Crippen molar-refractivity contribution in [1.29, 1.82) is 0 Å². The molecule has 158 valence electrons. The summed E-state index contributed by atoms with van der Waals surface area (Å²) >= 11 is 0. The van der Waals surface area contributed by atoms with Gasteiger partial charge >= 0.3 is 12.1 Å². The van der Waals surface area contributed by atoms with Crippen LogP contribution in [0.2, 0.25) is 0 Å². The Morgan fingerprint density at radius 3 is 2.34 bits per heavy atom. The number of esters is 1. The first-order valence-electron chi connectivity index (χ1n) is 9.13. The van der Waals surface area contributed by atoms with Crippen molar-refractivity contribution in [2.75, 3.05) is 7.11 Å². The number of unbranched alkanes of at least 4 members (excludes halogenated alkanes) is 1. The topological polar surface area (TPSA) is 75.7 Å².